The molecule has 0 aromatic heterocycles. The van der Waals surface area contributed by atoms with Gasteiger partial charge in [-0.25, -0.2) is 9.59 Å². The van der Waals surface area contributed by atoms with E-state index in [0.29, 0.717) is 5.92 Å². The van der Waals surface area contributed by atoms with Crippen LogP contribution in [0.25, 0.3) is 0 Å². The fraction of sp³-hybridized carbons (Fsp3) is 0.818. The zero-order chi connectivity index (χ0) is 13.2. The lowest BCUT2D eigenvalue weighted by molar-refractivity contribution is 0.103. The predicted octanol–water partition coefficient (Wildman–Crippen LogP) is 0.516. The molecule has 0 spiro atoms. The van der Waals surface area contributed by atoms with Crippen LogP contribution in [0.2, 0.25) is 0 Å². The van der Waals surface area contributed by atoms with Crippen LogP contribution in [0.1, 0.15) is 33.6 Å². The van der Waals surface area contributed by atoms with E-state index in [1.807, 2.05) is 0 Å². The lowest BCUT2D eigenvalue weighted by atomic mass is 9.67. The molecule has 3 unspecified atom stereocenters. The van der Waals surface area contributed by atoms with Gasteiger partial charge in [0.05, 0.1) is 12.1 Å². The molecule has 0 aliphatic heterocycles. The molecule has 98 valence electrons. The van der Waals surface area contributed by atoms with Crippen LogP contribution in [0.4, 0.5) is 9.59 Å². The molecular formula is C11H22N4O2. The molecule has 6 heteroatoms. The molecule has 17 heavy (non-hydrogen) atoms. The summed E-state index contributed by atoms with van der Waals surface area (Å²) in [6.07, 6.45) is 1.76. The van der Waals surface area contributed by atoms with Crippen molar-refractivity contribution in [3.05, 3.63) is 0 Å². The molecule has 1 saturated carbocycles. The highest BCUT2D eigenvalue weighted by molar-refractivity contribution is 5.74. The number of amides is 4. The normalized spacial score (nSPS) is 31.6. The second-order valence-corrected chi connectivity index (χ2v) is 5.63. The van der Waals surface area contributed by atoms with Crippen LogP contribution in [0.3, 0.4) is 0 Å². The summed E-state index contributed by atoms with van der Waals surface area (Å²) in [5.74, 6) is 0.466. The number of carbonyl (C=O) groups is 2. The van der Waals surface area contributed by atoms with E-state index in [0.717, 1.165) is 12.8 Å². The van der Waals surface area contributed by atoms with Crippen molar-refractivity contribution >= 4 is 12.1 Å². The van der Waals surface area contributed by atoms with Crippen molar-refractivity contribution in [3.63, 3.8) is 0 Å². The van der Waals surface area contributed by atoms with Gasteiger partial charge >= 0.3 is 12.1 Å². The topological polar surface area (TPSA) is 110 Å². The molecule has 6 N–H and O–H groups in total. The Hall–Kier alpha value is -1.46. The summed E-state index contributed by atoms with van der Waals surface area (Å²) < 4.78 is 0. The van der Waals surface area contributed by atoms with E-state index >= 15 is 0 Å². The molecule has 0 aromatic rings. The molecule has 6 nitrogen and oxygen atoms in total. The average Bonchev–Trinajstić information content (AvgIpc) is 2.08. The molecule has 4 amide bonds. The molecule has 0 bridgehead atoms. The Bertz CT molecular complexity index is 317. The van der Waals surface area contributed by atoms with Gasteiger partial charge in [-0.3, -0.25) is 0 Å². The van der Waals surface area contributed by atoms with E-state index in [-0.39, 0.29) is 17.5 Å². The Balaban J connectivity index is 2.87. The van der Waals surface area contributed by atoms with Crippen molar-refractivity contribution in [3.8, 4) is 0 Å². The van der Waals surface area contributed by atoms with Crippen LogP contribution < -0.4 is 22.1 Å². The molecule has 1 rings (SSSR count). The second kappa shape index (κ2) is 4.81. The fourth-order valence-corrected chi connectivity index (χ4v) is 3.00. The van der Waals surface area contributed by atoms with Crippen LogP contribution in [-0.2, 0) is 0 Å². The highest BCUT2D eigenvalue weighted by atomic mass is 16.2. The van der Waals surface area contributed by atoms with Gasteiger partial charge in [0, 0.05) is 0 Å². The summed E-state index contributed by atoms with van der Waals surface area (Å²) in [6.45, 7) is 6.23. The van der Waals surface area contributed by atoms with Gasteiger partial charge in [-0.1, -0.05) is 20.8 Å². The maximum Gasteiger partial charge on any atom is 0.312 e. The SMILES string of the molecule is CC1CC(NC(N)=O)C(NC(N)=O)C(C)(C)C1. The van der Waals surface area contributed by atoms with Crippen LogP contribution >= 0.6 is 0 Å². The smallest absolute Gasteiger partial charge is 0.312 e. The van der Waals surface area contributed by atoms with Crippen molar-refractivity contribution in [1.29, 1.82) is 0 Å². The first-order valence-electron chi connectivity index (χ1n) is 5.84. The third-order valence-electron chi connectivity index (χ3n) is 3.40. The van der Waals surface area contributed by atoms with E-state index in [4.69, 9.17) is 11.5 Å². The summed E-state index contributed by atoms with van der Waals surface area (Å²) in [5, 5.41) is 5.41. The molecule has 0 aromatic carbocycles. The summed E-state index contributed by atoms with van der Waals surface area (Å²) >= 11 is 0. The molecule has 0 radical (unpaired) electrons. The minimum absolute atomic E-state index is 0.125. The standard InChI is InChI=1S/C11H22N4O2/c1-6-4-7(14-9(12)16)8(15-10(13)17)11(2,3)5-6/h6-8H,4-5H2,1-3H3,(H3,12,14,16)(H3,13,15,17). The lowest BCUT2D eigenvalue weighted by Gasteiger charge is -2.46. The van der Waals surface area contributed by atoms with Crippen LogP contribution in [0.5, 0.6) is 0 Å². The number of primary amides is 2. The number of carbonyl (C=O) groups excluding carboxylic acids is 2. The van der Waals surface area contributed by atoms with Crippen LogP contribution in [0, 0.1) is 11.3 Å². The van der Waals surface area contributed by atoms with Gasteiger partial charge in [-0.2, -0.15) is 0 Å². The molecule has 0 saturated heterocycles. The summed E-state index contributed by atoms with van der Waals surface area (Å²) in [7, 11) is 0. The van der Waals surface area contributed by atoms with Gasteiger partial charge < -0.3 is 22.1 Å². The number of nitrogens with one attached hydrogen (secondary N) is 2. The first-order chi connectivity index (χ1) is 7.72. The number of rotatable bonds is 2. The van der Waals surface area contributed by atoms with Gasteiger partial charge in [-0.15, -0.1) is 0 Å². The van der Waals surface area contributed by atoms with E-state index in [9.17, 15) is 9.59 Å². The van der Waals surface area contributed by atoms with Crippen LogP contribution in [0.15, 0.2) is 0 Å². The summed E-state index contributed by atoms with van der Waals surface area (Å²) in [6, 6.07) is -1.51. The van der Waals surface area contributed by atoms with Crippen molar-refractivity contribution in [2.24, 2.45) is 22.8 Å². The summed E-state index contributed by atoms with van der Waals surface area (Å²) in [4.78, 5) is 22.0. The maximum absolute atomic E-state index is 11.0. The highest BCUT2D eigenvalue weighted by Crippen LogP contribution is 2.38. The molecule has 3 atom stereocenters. The molecule has 1 fully saturated rings. The Morgan fingerprint density at radius 2 is 1.71 bits per heavy atom. The summed E-state index contributed by atoms with van der Waals surface area (Å²) in [5.41, 5.74) is 10.2. The second-order valence-electron chi connectivity index (χ2n) is 5.63. The van der Waals surface area contributed by atoms with Gasteiger partial charge in [0.15, 0.2) is 0 Å². The maximum atomic E-state index is 11.0. The largest absolute Gasteiger partial charge is 0.352 e. The van der Waals surface area contributed by atoms with Crippen LogP contribution in [-0.4, -0.2) is 24.1 Å². The van der Waals surface area contributed by atoms with Gasteiger partial charge in [0.2, 0.25) is 0 Å². The fourth-order valence-electron chi connectivity index (χ4n) is 3.00. The Kier molecular flexibility index (Phi) is 3.85. The third-order valence-corrected chi connectivity index (χ3v) is 3.40. The van der Waals surface area contributed by atoms with Crippen molar-refractivity contribution in [1.82, 2.24) is 10.6 Å². The number of urea groups is 2. The Labute approximate surface area is 101 Å². The number of nitrogens with two attached hydrogens (primary N) is 2. The van der Waals surface area contributed by atoms with Crippen molar-refractivity contribution < 1.29 is 9.59 Å². The van der Waals surface area contributed by atoms with E-state index in [1.54, 1.807) is 0 Å². The van der Waals surface area contributed by atoms with E-state index < -0.39 is 12.1 Å². The number of hydrogen-bond acceptors (Lipinski definition) is 2. The first-order valence-corrected chi connectivity index (χ1v) is 5.84. The van der Waals surface area contributed by atoms with E-state index in [2.05, 4.69) is 31.4 Å². The Morgan fingerprint density at radius 1 is 1.18 bits per heavy atom. The first kappa shape index (κ1) is 13.6. The monoisotopic (exact) mass is 242 g/mol. The average molecular weight is 242 g/mol. The van der Waals surface area contributed by atoms with Crippen molar-refractivity contribution in [2.75, 3.05) is 0 Å². The minimum atomic E-state index is -0.575. The number of hydrogen-bond donors (Lipinski definition) is 4. The van der Waals surface area contributed by atoms with Gasteiger partial charge in [-0.05, 0) is 24.2 Å². The minimum Gasteiger partial charge on any atom is -0.352 e. The van der Waals surface area contributed by atoms with Crippen molar-refractivity contribution in [2.45, 2.75) is 45.7 Å². The molecular weight excluding hydrogens is 220 g/mol. The van der Waals surface area contributed by atoms with E-state index in [1.165, 1.54) is 0 Å². The zero-order valence-electron chi connectivity index (χ0n) is 10.6. The molecule has 1 aliphatic rings. The predicted molar refractivity (Wildman–Crippen MR) is 65.2 cm³/mol. The Morgan fingerprint density at radius 3 is 2.18 bits per heavy atom. The molecule has 0 heterocycles. The quantitative estimate of drug-likeness (QED) is 0.566. The van der Waals surface area contributed by atoms with Gasteiger partial charge in [0.1, 0.15) is 0 Å². The highest BCUT2D eigenvalue weighted by Gasteiger charge is 2.42. The zero-order valence-corrected chi connectivity index (χ0v) is 10.6. The third kappa shape index (κ3) is 3.51. The molecule has 1 aliphatic carbocycles. The van der Waals surface area contributed by atoms with Gasteiger partial charge in [0.25, 0.3) is 0 Å². The lowest BCUT2D eigenvalue weighted by Crippen LogP contribution is -2.62.